The van der Waals surface area contributed by atoms with Crippen molar-refractivity contribution in [2.24, 2.45) is 0 Å². The summed E-state index contributed by atoms with van der Waals surface area (Å²) in [5.41, 5.74) is 0.743. The molecule has 114 valence electrons. The summed E-state index contributed by atoms with van der Waals surface area (Å²) in [5, 5.41) is 14.0. The Labute approximate surface area is 122 Å². The lowest BCUT2D eigenvalue weighted by Gasteiger charge is -2.09. The molecule has 0 saturated carbocycles. The zero-order chi connectivity index (χ0) is 16.0. The second kappa shape index (κ2) is 7.28. The number of carbonyl (C=O) groups excluding carboxylic acids is 3. The molecular weight excluding hydrogens is 276 g/mol. The fourth-order valence-corrected chi connectivity index (χ4v) is 1.41. The fourth-order valence-electron chi connectivity index (χ4n) is 1.41. The number of urea groups is 1. The van der Waals surface area contributed by atoms with Crippen LogP contribution in [0.2, 0.25) is 0 Å². The molecule has 0 aliphatic rings. The highest BCUT2D eigenvalue weighted by Gasteiger charge is 2.13. The van der Waals surface area contributed by atoms with E-state index in [0.29, 0.717) is 5.56 Å². The molecule has 1 aromatic rings. The first-order valence-electron chi connectivity index (χ1n) is 6.36. The number of esters is 1. The van der Waals surface area contributed by atoms with Crippen molar-refractivity contribution in [1.82, 2.24) is 10.6 Å². The molecule has 3 amide bonds. The molecule has 0 saturated heterocycles. The lowest BCUT2D eigenvalue weighted by molar-refractivity contribution is -0.123. The summed E-state index contributed by atoms with van der Waals surface area (Å²) in [5.74, 6) is -1.53. The molecule has 7 nitrogen and oxygen atoms in total. The van der Waals surface area contributed by atoms with Crippen LogP contribution in [-0.2, 0) is 9.53 Å². The van der Waals surface area contributed by atoms with E-state index in [4.69, 9.17) is 4.74 Å². The maximum absolute atomic E-state index is 11.7. The molecule has 0 aromatic heterocycles. The highest BCUT2D eigenvalue weighted by Crippen LogP contribution is 2.17. The summed E-state index contributed by atoms with van der Waals surface area (Å²) in [6.45, 7) is 4.59. The van der Waals surface area contributed by atoms with Crippen LogP contribution in [0.15, 0.2) is 18.2 Å². The predicted octanol–water partition coefficient (Wildman–Crippen LogP) is 1.09. The number of phenols is 1. The van der Waals surface area contributed by atoms with Gasteiger partial charge in [0, 0.05) is 6.04 Å². The van der Waals surface area contributed by atoms with E-state index >= 15 is 0 Å². The number of benzene rings is 1. The minimum atomic E-state index is -0.760. The number of ether oxygens (including phenoxy) is 1. The molecule has 0 fully saturated rings. The van der Waals surface area contributed by atoms with E-state index < -0.39 is 24.5 Å². The Morgan fingerprint density at radius 2 is 1.95 bits per heavy atom. The lowest BCUT2D eigenvalue weighted by atomic mass is 10.1. The van der Waals surface area contributed by atoms with Crippen molar-refractivity contribution >= 4 is 17.9 Å². The largest absolute Gasteiger partial charge is 0.508 e. The molecule has 0 atom stereocenters. The number of hydrogen-bond donors (Lipinski definition) is 3. The van der Waals surface area contributed by atoms with Crippen LogP contribution in [0.3, 0.4) is 0 Å². The van der Waals surface area contributed by atoms with Crippen LogP contribution in [-0.4, -0.2) is 35.7 Å². The first-order chi connectivity index (χ1) is 9.79. The lowest BCUT2D eigenvalue weighted by Crippen LogP contribution is -2.44. The number of aromatic hydroxyl groups is 1. The molecule has 0 unspecified atom stereocenters. The normalized spacial score (nSPS) is 10.1. The van der Waals surface area contributed by atoms with E-state index in [1.54, 1.807) is 26.8 Å². The SMILES string of the molecule is Cc1ccc(C(=O)OCC(=O)NC(=O)NC(C)C)cc1O. The minimum Gasteiger partial charge on any atom is -0.508 e. The van der Waals surface area contributed by atoms with Crippen LogP contribution in [0, 0.1) is 6.92 Å². The summed E-state index contributed by atoms with van der Waals surface area (Å²) in [7, 11) is 0. The summed E-state index contributed by atoms with van der Waals surface area (Å²) >= 11 is 0. The number of phenolic OH excluding ortho intramolecular Hbond substituents is 1. The van der Waals surface area contributed by atoms with Crippen LogP contribution in [0.5, 0.6) is 5.75 Å². The summed E-state index contributed by atoms with van der Waals surface area (Å²) in [6.07, 6.45) is 0. The van der Waals surface area contributed by atoms with E-state index in [1.807, 2.05) is 5.32 Å². The molecule has 0 radical (unpaired) electrons. The van der Waals surface area contributed by atoms with Gasteiger partial charge in [0.2, 0.25) is 0 Å². The van der Waals surface area contributed by atoms with Gasteiger partial charge in [-0.2, -0.15) is 0 Å². The van der Waals surface area contributed by atoms with Gasteiger partial charge in [-0.1, -0.05) is 6.07 Å². The molecule has 7 heteroatoms. The van der Waals surface area contributed by atoms with E-state index in [2.05, 4.69) is 5.32 Å². The maximum atomic E-state index is 11.7. The monoisotopic (exact) mass is 294 g/mol. The van der Waals surface area contributed by atoms with Crippen molar-refractivity contribution < 1.29 is 24.2 Å². The quantitative estimate of drug-likeness (QED) is 0.721. The Hall–Kier alpha value is -2.57. The third-order valence-electron chi connectivity index (χ3n) is 2.45. The van der Waals surface area contributed by atoms with Crippen LogP contribution in [0.4, 0.5) is 4.79 Å². The van der Waals surface area contributed by atoms with Gasteiger partial charge < -0.3 is 15.2 Å². The van der Waals surface area contributed by atoms with E-state index in [-0.39, 0.29) is 17.4 Å². The highest BCUT2D eigenvalue weighted by atomic mass is 16.5. The van der Waals surface area contributed by atoms with Crippen LogP contribution >= 0.6 is 0 Å². The third-order valence-corrected chi connectivity index (χ3v) is 2.45. The zero-order valence-corrected chi connectivity index (χ0v) is 12.1. The molecule has 21 heavy (non-hydrogen) atoms. The van der Waals surface area contributed by atoms with Crippen molar-refractivity contribution in [3.05, 3.63) is 29.3 Å². The molecule has 0 aliphatic carbocycles. The Bertz CT molecular complexity index is 554. The number of carbonyl (C=O) groups is 3. The van der Waals surface area contributed by atoms with Crippen LogP contribution in [0.1, 0.15) is 29.8 Å². The Kier molecular flexibility index (Phi) is 5.71. The second-order valence-electron chi connectivity index (χ2n) is 4.75. The molecule has 0 bridgehead atoms. The summed E-state index contributed by atoms with van der Waals surface area (Å²) in [4.78, 5) is 34.3. The van der Waals surface area contributed by atoms with Crippen molar-refractivity contribution in [1.29, 1.82) is 0 Å². The van der Waals surface area contributed by atoms with Gasteiger partial charge in [0.05, 0.1) is 5.56 Å². The molecule has 0 heterocycles. The number of aryl methyl sites for hydroxylation is 1. The number of rotatable bonds is 4. The molecule has 0 aliphatic heterocycles. The number of imide groups is 1. The number of hydrogen-bond acceptors (Lipinski definition) is 5. The van der Waals surface area contributed by atoms with Crippen molar-refractivity contribution in [3.8, 4) is 5.75 Å². The number of amides is 3. The van der Waals surface area contributed by atoms with E-state index in [9.17, 15) is 19.5 Å². The molecular formula is C14H18N2O5. The van der Waals surface area contributed by atoms with Crippen molar-refractivity contribution in [2.45, 2.75) is 26.8 Å². The van der Waals surface area contributed by atoms with Crippen molar-refractivity contribution in [3.63, 3.8) is 0 Å². The van der Waals surface area contributed by atoms with Crippen molar-refractivity contribution in [2.75, 3.05) is 6.61 Å². The standard InChI is InChI=1S/C14H18N2O5/c1-8(2)15-14(20)16-12(18)7-21-13(19)10-5-4-9(3)11(17)6-10/h4-6,8,17H,7H2,1-3H3,(H2,15,16,18,20). The van der Waals surface area contributed by atoms with E-state index in [0.717, 1.165) is 0 Å². The van der Waals surface area contributed by atoms with Gasteiger partial charge in [-0.25, -0.2) is 9.59 Å². The van der Waals surface area contributed by atoms with Crippen LogP contribution < -0.4 is 10.6 Å². The first kappa shape index (κ1) is 16.5. The average Bonchev–Trinajstić information content (AvgIpc) is 2.38. The zero-order valence-electron chi connectivity index (χ0n) is 12.1. The van der Waals surface area contributed by atoms with Gasteiger partial charge in [0.1, 0.15) is 5.75 Å². The Balaban J connectivity index is 2.47. The van der Waals surface area contributed by atoms with Gasteiger partial charge in [-0.05, 0) is 38.5 Å². The topological polar surface area (TPSA) is 105 Å². The molecule has 3 N–H and O–H groups in total. The van der Waals surface area contributed by atoms with E-state index in [1.165, 1.54) is 12.1 Å². The van der Waals surface area contributed by atoms with Gasteiger partial charge >= 0.3 is 12.0 Å². The molecule has 0 spiro atoms. The van der Waals surface area contributed by atoms with Gasteiger partial charge in [-0.3, -0.25) is 10.1 Å². The van der Waals surface area contributed by atoms with Gasteiger partial charge in [-0.15, -0.1) is 0 Å². The van der Waals surface area contributed by atoms with Gasteiger partial charge in [0.25, 0.3) is 5.91 Å². The Morgan fingerprint density at radius 3 is 2.52 bits per heavy atom. The number of nitrogens with one attached hydrogen (secondary N) is 2. The van der Waals surface area contributed by atoms with Gasteiger partial charge in [0.15, 0.2) is 6.61 Å². The van der Waals surface area contributed by atoms with Crippen LogP contribution in [0.25, 0.3) is 0 Å². The predicted molar refractivity (Wildman–Crippen MR) is 74.9 cm³/mol. The smallest absolute Gasteiger partial charge is 0.338 e. The molecule has 1 rings (SSSR count). The summed E-state index contributed by atoms with van der Waals surface area (Å²) < 4.78 is 4.75. The first-order valence-corrected chi connectivity index (χ1v) is 6.36. The third kappa shape index (κ3) is 5.52. The second-order valence-corrected chi connectivity index (χ2v) is 4.75. The fraction of sp³-hybridized carbons (Fsp3) is 0.357. The Morgan fingerprint density at radius 1 is 1.29 bits per heavy atom. The molecule has 1 aromatic carbocycles. The maximum Gasteiger partial charge on any atom is 0.338 e. The highest BCUT2D eigenvalue weighted by molar-refractivity contribution is 5.97. The average molecular weight is 294 g/mol. The summed E-state index contributed by atoms with van der Waals surface area (Å²) in [6, 6.07) is 3.51. The minimum absolute atomic E-state index is 0.0368.